The van der Waals surface area contributed by atoms with Crippen LogP contribution in [0.1, 0.15) is 82.3 Å². The smallest absolute Gasteiger partial charge is 0.243 e. The van der Waals surface area contributed by atoms with Gasteiger partial charge in [0, 0.05) is 69.9 Å². The highest BCUT2D eigenvalue weighted by Crippen LogP contribution is 2.62. The molecular formula is C49H64N4O9S. The van der Waals surface area contributed by atoms with Crippen LogP contribution in [0.15, 0.2) is 107 Å². The second kappa shape index (κ2) is 21.4. The fourth-order valence-electron chi connectivity index (χ4n) is 9.77. The van der Waals surface area contributed by atoms with Crippen molar-refractivity contribution in [1.29, 1.82) is 0 Å². The van der Waals surface area contributed by atoms with Crippen LogP contribution in [0.5, 0.6) is 11.5 Å². The minimum Gasteiger partial charge on any atom is -0.492 e. The number of carbonyl (C=O) groups is 1. The van der Waals surface area contributed by atoms with Crippen molar-refractivity contribution in [3.63, 3.8) is 0 Å². The number of ether oxygens (including phenoxy) is 3. The van der Waals surface area contributed by atoms with E-state index in [0.29, 0.717) is 43.0 Å². The summed E-state index contributed by atoms with van der Waals surface area (Å²) in [4.78, 5) is 20.4. The third kappa shape index (κ3) is 10.7. The van der Waals surface area contributed by atoms with E-state index in [9.17, 15) is 15.0 Å². The number of oxime groups is 1. The maximum atomic E-state index is 15.2. The van der Waals surface area contributed by atoms with Crippen LogP contribution in [0.3, 0.4) is 0 Å². The molecule has 13 nitrogen and oxygen atoms in total. The molecule has 0 unspecified atom stereocenters. The van der Waals surface area contributed by atoms with Crippen molar-refractivity contribution >= 4 is 27.3 Å². The number of aliphatic hydroxyl groups excluding tert-OH is 2. The van der Waals surface area contributed by atoms with Crippen molar-refractivity contribution in [3.05, 3.63) is 108 Å². The van der Waals surface area contributed by atoms with Crippen LogP contribution in [-0.2, 0) is 31.0 Å². The van der Waals surface area contributed by atoms with Crippen molar-refractivity contribution in [2.24, 2.45) is 22.9 Å². The molecule has 1 saturated heterocycles. The predicted molar refractivity (Wildman–Crippen MR) is 243 cm³/mol. The highest BCUT2D eigenvalue weighted by atomic mass is 32.2. The molecule has 4 aliphatic rings. The van der Waals surface area contributed by atoms with E-state index in [4.69, 9.17) is 24.2 Å². The number of anilines is 1. The molecule has 1 amide bonds. The molecular weight excluding hydrogens is 821 g/mol. The van der Waals surface area contributed by atoms with Gasteiger partial charge in [-0.25, -0.2) is 8.42 Å². The predicted octanol–water partition coefficient (Wildman–Crippen LogP) is 7.27. The summed E-state index contributed by atoms with van der Waals surface area (Å²) in [5.74, 6) is -1.22. The molecule has 0 radical (unpaired) electrons. The van der Waals surface area contributed by atoms with Gasteiger partial charge >= 0.3 is 0 Å². The first-order chi connectivity index (χ1) is 30.6. The minimum atomic E-state index is -4.24. The van der Waals surface area contributed by atoms with Gasteiger partial charge in [0.25, 0.3) is 0 Å². The zero-order valence-electron chi connectivity index (χ0n) is 36.7. The summed E-state index contributed by atoms with van der Waals surface area (Å²) in [6.45, 7) is 11.5. The van der Waals surface area contributed by atoms with Crippen molar-refractivity contribution in [2.75, 3.05) is 57.9 Å². The second-order valence-corrected chi connectivity index (χ2v) is 18.9. The summed E-state index contributed by atoms with van der Waals surface area (Å²) in [5.41, 5.74) is 3.90. The summed E-state index contributed by atoms with van der Waals surface area (Å²) in [5, 5.41) is 27.5. The normalized spacial score (nSPS) is 24.5. The fraction of sp³-hybridized carbons (Fsp3) is 0.510. The molecule has 2 aliphatic heterocycles. The highest BCUT2D eigenvalue weighted by Gasteiger charge is 2.66. The molecule has 3 N–H and O–H groups in total. The number of nitrogens with zero attached hydrogens (tertiary/aromatic N) is 3. The SMILES string of the molecule is C=CCO[C@@]12Oc3ccc(OCCN4CC4)cc3[C@H]3[C@H](CCCCO)[C@@H](CCCCO)C=C(C(=NOCc4ccccc4)C[C@@H]1N(CCC)S(=O)(=O)c1ccc(NC(C)=O)cc1)[C@H]32. The van der Waals surface area contributed by atoms with E-state index < -0.39 is 27.8 Å². The van der Waals surface area contributed by atoms with E-state index >= 15 is 8.42 Å². The van der Waals surface area contributed by atoms with E-state index in [1.54, 1.807) is 18.2 Å². The maximum absolute atomic E-state index is 15.2. The monoisotopic (exact) mass is 884 g/mol. The average molecular weight is 885 g/mol. The van der Waals surface area contributed by atoms with Crippen molar-refractivity contribution in [2.45, 2.75) is 94.5 Å². The number of sulfonamides is 1. The van der Waals surface area contributed by atoms with E-state index in [0.717, 1.165) is 67.8 Å². The molecule has 2 fully saturated rings. The summed E-state index contributed by atoms with van der Waals surface area (Å²) in [6.07, 6.45) is 9.07. The Morgan fingerprint density at radius 2 is 1.78 bits per heavy atom. The molecule has 2 heterocycles. The Hall–Kier alpha value is -4.57. The van der Waals surface area contributed by atoms with E-state index in [1.165, 1.54) is 23.4 Å². The number of nitrogens with one attached hydrogen (secondary N) is 1. The van der Waals surface area contributed by atoms with Crippen LogP contribution in [0.4, 0.5) is 5.69 Å². The summed E-state index contributed by atoms with van der Waals surface area (Å²) >= 11 is 0. The van der Waals surface area contributed by atoms with Crippen molar-refractivity contribution < 1.29 is 42.5 Å². The summed E-state index contributed by atoms with van der Waals surface area (Å²) in [7, 11) is -4.24. The quantitative estimate of drug-likeness (QED) is 0.0362. The van der Waals surface area contributed by atoms with Crippen LogP contribution in [-0.4, -0.2) is 104 Å². The first-order valence-electron chi connectivity index (χ1n) is 22.6. The molecule has 0 aromatic heterocycles. The molecule has 2 aliphatic carbocycles. The number of rotatable bonds is 24. The van der Waals surface area contributed by atoms with Crippen molar-refractivity contribution in [1.82, 2.24) is 9.21 Å². The van der Waals surface area contributed by atoms with Gasteiger partial charge in [-0.1, -0.05) is 67.4 Å². The van der Waals surface area contributed by atoms with E-state index in [1.807, 2.05) is 49.4 Å². The number of allylic oxidation sites excluding steroid dienone is 1. The number of hydrogen-bond donors (Lipinski definition) is 3. The van der Waals surface area contributed by atoms with E-state index in [-0.39, 0.29) is 67.9 Å². The number of hydrogen-bond acceptors (Lipinski definition) is 11. The van der Waals surface area contributed by atoms with Gasteiger partial charge in [0.15, 0.2) is 0 Å². The van der Waals surface area contributed by atoms with Gasteiger partial charge in [0.1, 0.15) is 24.7 Å². The number of unbranched alkanes of at least 4 members (excludes halogenated alkanes) is 2. The number of benzene rings is 3. The summed E-state index contributed by atoms with van der Waals surface area (Å²) < 4.78 is 52.8. The number of aliphatic hydroxyl groups is 2. The molecule has 7 rings (SSSR count). The topological polar surface area (TPSA) is 159 Å². The lowest BCUT2D eigenvalue weighted by Gasteiger charge is -2.59. The minimum absolute atomic E-state index is 0.0222. The third-order valence-corrected chi connectivity index (χ3v) is 14.6. The Morgan fingerprint density at radius 1 is 1.03 bits per heavy atom. The maximum Gasteiger partial charge on any atom is 0.243 e. The first-order valence-corrected chi connectivity index (χ1v) is 24.1. The van der Waals surface area contributed by atoms with E-state index in [2.05, 4.69) is 28.9 Å². The first kappa shape index (κ1) is 46.4. The van der Waals surface area contributed by atoms with Gasteiger partial charge in [0.2, 0.25) is 21.7 Å². The zero-order chi connectivity index (χ0) is 44.4. The Kier molecular flexibility index (Phi) is 15.8. The van der Waals surface area contributed by atoms with Gasteiger partial charge in [-0.05, 0) is 97.5 Å². The second-order valence-electron chi connectivity index (χ2n) is 17.0. The Bertz CT molecular complexity index is 2180. The van der Waals surface area contributed by atoms with Gasteiger partial charge in [0.05, 0.1) is 29.2 Å². The largest absolute Gasteiger partial charge is 0.492 e. The molecule has 14 heteroatoms. The molecule has 0 spiro atoms. The molecule has 63 heavy (non-hydrogen) atoms. The summed E-state index contributed by atoms with van der Waals surface area (Å²) in [6, 6.07) is 21.0. The zero-order valence-corrected chi connectivity index (χ0v) is 37.5. The van der Waals surface area contributed by atoms with Gasteiger partial charge in [-0.15, -0.1) is 6.58 Å². The third-order valence-electron chi connectivity index (χ3n) is 12.7. The molecule has 0 bridgehead atoms. The van der Waals surface area contributed by atoms with Crippen LogP contribution in [0.25, 0.3) is 0 Å². The lowest BCUT2D eigenvalue weighted by molar-refractivity contribution is -0.251. The standard InChI is InChI=1S/C49H64N4O9S/c1-4-23-53(63(57,58)40-20-17-38(18-21-40)50-35(3)56)46-33-44(51-61-34-36-13-7-6-8-14-36)42-31-37(15-9-11-27-54)41(16-10-12-28-55)47-43-32-39(59-30-26-52-24-25-52)19-22-45(43)62-49(46,48(42)47)60-29-5-2/h5-8,13-14,17-22,31-32,37,41,46-48,54-55H,2,4,9-12,15-16,23-30,33-34H2,1,3H3,(H,50,56)/t37-,41+,46-,47+,48+,49+/m0/s1. The Labute approximate surface area is 372 Å². The fourth-order valence-corrected chi connectivity index (χ4v) is 11.5. The molecule has 3 aromatic carbocycles. The van der Waals surface area contributed by atoms with Crippen LogP contribution in [0, 0.1) is 17.8 Å². The van der Waals surface area contributed by atoms with Crippen molar-refractivity contribution in [3.8, 4) is 11.5 Å². The Balaban J connectivity index is 1.43. The number of carbonyl (C=O) groups excluding carboxylic acids is 1. The number of fused-ring (bicyclic) bond motifs is 2. The van der Waals surface area contributed by atoms with Crippen LogP contribution >= 0.6 is 0 Å². The Morgan fingerprint density at radius 3 is 2.46 bits per heavy atom. The van der Waals surface area contributed by atoms with Gasteiger partial charge in [-0.3, -0.25) is 9.69 Å². The molecule has 3 aromatic rings. The molecule has 6 atom stereocenters. The highest BCUT2D eigenvalue weighted by molar-refractivity contribution is 7.89. The van der Waals surface area contributed by atoms with Gasteiger partial charge < -0.3 is 34.6 Å². The average Bonchev–Trinajstić information content (AvgIpc) is 4.11. The molecule has 340 valence electrons. The number of amides is 1. The van der Waals surface area contributed by atoms with Gasteiger partial charge in [-0.2, -0.15) is 4.31 Å². The van der Waals surface area contributed by atoms with Crippen LogP contribution in [0.2, 0.25) is 0 Å². The lowest BCUT2D eigenvalue weighted by atomic mass is 9.55. The lowest BCUT2D eigenvalue weighted by Crippen LogP contribution is -2.70. The molecule has 1 saturated carbocycles. The van der Waals surface area contributed by atoms with Crippen LogP contribution < -0.4 is 14.8 Å².